The van der Waals surface area contributed by atoms with Crippen LogP contribution in [0.2, 0.25) is 0 Å². The van der Waals surface area contributed by atoms with Crippen LogP contribution < -0.4 is 0 Å². The Hall–Kier alpha value is -1.51. The van der Waals surface area contributed by atoms with Crippen molar-refractivity contribution in [2.24, 2.45) is 0 Å². The Morgan fingerprint density at radius 2 is 2.33 bits per heavy atom. The molecule has 0 aromatic carbocycles. The van der Waals surface area contributed by atoms with Gasteiger partial charge in [-0.15, -0.1) is 0 Å². The maximum atomic E-state index is 10.3. The number of aromatic nitrogens is 1. The largest absolute Gasteiger partial charge is 0.478 e. The molecule has 0 aliphatic heterocycles. The number of nitrogens with one attached hydrogen (secondary N) is 1. The SMILES string of the molecule is C/C(=C\C(=O)O)c1c[nH]c(C)c1. The standard InChI is InChI=1S/C9H11NO2/c1-6(3-9(11)12)8-4-7(2)10-5-8/h3-5,10H,1-2H3,(H,11,12)/b6-3+. The summed E-state index contributed by atoms with van der Waals surface area (Å²) in [5, 5.41) is 8.47. The lowest BCUT2D eigenvalue weighted by molar-refractivity contribution is -0.131. The molecule has 0 aliphatic rings. The van der Waals surface area contributed by atoms with E-state index >= 15 is 0 Å². The first kappa shape index (κ1) is 8.59. The zero-order valence-electron chi connectivity index (χ0n) is 7.09. The van der Waals surface area contributed by atoms with Crippen LogP contribution in [0, 0.1) is 6.92 Å². The molecule has 1 aromatic rings. The Balaban J connectivity index is 2.91. The van der Waals surface area contributed by atoms with Gasteiger partial charge in [0.15, 0.2) is 0 Å². The van der Waals surface area contributed by atoms with Crippen LogP contribution in [-0.4, -0.2) is 16.1 Å². The van der Waals surface area contributed by atoms with Gasteiger partial charge in [-0.05, 0) is 31.1 Å². The highest BCUT2D eigenvalue weighted by Gasteiger charge is 1.99. The average molecular weight is 165 g/mol. The molecule has 0 bridgehead atoms. The van der Waals surface area contributed by atoms with Crippen LogP contribution in [0.1, 0.15) is 18.2 Å². The van der Waals surface area contributed by atoms with E-state index in [1.165, 1.54) is 6.08 Å². The molecule has 12 heavy (non-hydrogen) atoms. The van der Waals surface area contributed by atoms with E-state index in [1.807, 2.05) is 13.0 Å². The number of carboxylic acids is 1. The predicted octanol–water partition coefficient (Wildman–Crippen LogP) is 1.81. The van der Waals surface area contributed by atoms with E-state index in [0.29, 0.717) is 0 Å². The summed E-state index contributed by atoms with van der Waals surface area (Å²) in [4.78, 5) is 13.3. The predicted molar refractivity (Wildman–Crippen MR) is 46.8 cm³/mol. The van der Waals surface area contributed by atoms with Crippen LogP contribution >= 0.6 is 0 Å². The first-order valence-corrected chi connectivity index (χ1v) is 3.66. The summed E-state index contributed by atoms with van der Waals surface area (Å²) >= 11 is 0. The van der Waals surface area contributed by atoms with E-state index in [2.05, 4.69) is 4.98 Å². The Morgan fingerprint density at radius 3 is 2.75 bits per heavy atom. The minimum Gasteiger partial charge on any atom is -0.478 e. The van der Waals surface area contributed by atoms with Gasteiger partial charge >= 0.3 is 5.97 Å². The average Bonchev–Trinajstić information content (AvgIpc) is 2.34. The third kappa shape index (κ3) is 1.99. The highest BCUT2D eigenvalue weighted by atomic mass is 16.4. The molecular weight excluding hydrogens is 154 g/mol. The Labute approximate surface area is 70.7 Å². The third-order valence-corrected chi connectivity index (χ3v) is 1.62. The number of allylic oxidation sites excluding steroid dienone is 1. The summed E-state index contributed by atoms with van der Waals surface area (Å²) in [5.41, 5.74) is 2.71. The minimum absolute atomic E-state index is 0.756. The molecule has 3 heteroatoms. The molecule has 3 nitrogen and oxygen atoms in total. The zero-order valence-corrected chi connectivity index (χ0v) is 7.09. The Bertz CT molecular complexity index is 323. The summed E-state index contributed by atoms with van der Waals surface area (Å²) in [6.07, 6.45) is 2.99. The molecule has 0 spiro atoms. The molecular formula is C9H11NO2. The zero-order chi connectivity index (χ0) is 9.14. The van der Waals surface area contributed by atoms with Crippen molar-refractivity contribution in [3.8, 4) is 0 Å². The lowest BCUT2D eigenvalue weighted by Crippen LogP contribution is -1.88. The number of hydrogen-bond donors (Lipinski definition) is 2. The molecule has 0 aliphatic carbocycles. The second kappa shape index (κ2) is 3.26. The van der Waals surface area contributed by atoms with Crippen molar-refractivity contribution in [3.05, 3.63) is 29.6 Å². The Morgan fingerprint density at radius 1 is 1.67 bits per heavy atom. The van der Waals surface area contributed by atoms with Crippen molar-refractivity contribution in [3.63, 3.8) is 0 Å². The molecule has 0 unspecified atom stereocenters. The molecule has 0 fully saturated rings. The highest BCUT2D eigenvalue weighted by Crippen LogP contribution is 2.13. The van der Waals surface area contributed by atoms with Gasteiger partial charge in [-0.2, -0.15) is 0 Å². The maximum Gasteiger partial charge on any atom is 0.328 e. The fourth-order valence-electron chi connectivity index (χ4n) is 1.00. The maximum absolute atomic E-state index is 10.3. The molecule has 0 amide bonds. The van der Waals surface area contributed by atoms with Gasteiger partial charge in [0.2, 0.25) is 0 Å². The van der Waals surface area contributed by atoms with Gasteiger partial charge < -0.3 is 10.1 Å². The molecule has 0 atom stereocenters. The monoisotopic (exact) mass is 165 g/mol. The van der Waals surface area contributed by atoms with E-state index in [9.17, 15) is 4.79 Å². The summed E-state index contributed by atoms with van der Waals surface area (Å²) in [6.45, 7) is 3.70. The van der Waals surface area contributed by atoms with E-state index in [1.54, 1.807) is 13.1 Å². The van der Waals surface area contributed by atoms with Crippen LogP contribution in [0.15, 0.2) is 18.3 Å². The van der Waals surface area contributed by atoms with Crippen molar-refractivity contribution in [1.29, 1.82) is 0 Å². The van der Waals surface area contributed by atoms with E-state index in [-0.39, 0.29) is 0 Å². The van der Waals surface area contributed by atoms with E-state index in [0.717, 1.165) is 16.8 Å². The van der Waals surface area contributed by atoms with Gasteiger partial charge in [-0.1, -0.05) is 0 Å². The molecule has 64 valence electrons. The molecule has 1 rings (SSSR count). The van der Waals surface area contributed by atoms with Crippen molar-refractivity contribution >= 4 is 11.5 Å². The summed E-state index contributed by atoms with van der Waals surface area (Å²) in [6, 6.07) is 1.91. The van der Waals surface area contributed by atoms with Gasteiger partial charge in [0.1, 0.15) is 0 Å². The van der Waals surface area contributed by atoms with Crippen molar-refractivity contribution in [1.82, 2.24) is 4.98 Å². The summed E-state index contributed by atoms with van der Waals surface area (Å²) in [7, 11) is 0. The van der Waals surface area contributed by atoms with Crippen LogP contribution in [0.4, 0.5) is 0 Å². The smallest absolute Gasteiger partial charge is 0.328 e. The summed E-state index contributed by atoms with van der Waals surface area (Å²) < 4.78 is 0. The first-order valence-electron chi connectivity index (χ1n) is 3.66. The van der Waals surface area contributed by atoms with Gasteiger partial charge in [-0.25, -0.2) is 4.79 Å². The quantitative estimate of drug-likeness (QED) is 0.656. The second-order valence-electron chi connectivity index (χ2n) is 2.74. The van der Waals surface area contributed by atoms with Crippen molar-refractivity contribution < 1.29 is 9.90 Å². The van der Waals surface area contributed by atoms with Gasteiger partial charge in [0, 0.05) is 18.0 Å². The van der Waals surface area contributed by atoms with Gasteiger partial charge in [0.05, 0.1) is 0 Å². The molecule has 1 aromatic heterocycles. The van der Waals surface area contributed by atoms with Crippen molar-refractivity contribution in [2.45, 2.75) is 13.8 Å². The van der Waals surface area contributed by atoms with E-state index in [4.69, 9.17) is 5.11 Å². The number of aromatic amines is 1. The number of aryl methyl sites for hydroxylation is 1. The fraction of sp³-hybridized carbons (Fsp3) is 0.222. The van der Waals surface area contributed by atoms with Crippen LogP contribution in [-0.2, 0) is 4.79 Å². The molecule has 0 saturated heterocycles. The second-order valence-corrected chi connectivity index (χ2v) is 2.74. The normalized spacial score (nSPS) is 11.7. The number of carboxylic acid groups (broad SMARTS) is 1. The number of carbonyl (C=O) groups is 1. The summed E-state index contributed by atoms with van der Waals surface area (Å²) in [5.74, 6) is -0.911. The molecule has 0 radical (unpaired) electrons. The van der Waals surface area contributed by atoms with E-state index < -0.39 is 5.97 Å². The molecule has 2 N–H and O–H groups in total. The van der Waals surface area contributed by atoms with Gasteiger partial charge in [0.25, 0.3) is 0 Å². The Kier molecular flexibility index (Phi) is 2.33. The lowest BCUT2D eigenvalue weighted by atomic mass is 10.1. The topological polar surface area (TPSA) is 53.1 Å². The van der Waals surface area contributed by atoms with Gasteiger partial charge in [-0.3, -0.25) is 0 Å². The number of hydrogen-bond acceptors (Lipinski definition) is 1. The molecule has 1 heterocycles. The first-order chi connectivity index (χ1) is 5.59. The fourth-order valence-corrected chi connectivity index (χ4v) is 1.00. The van der Waals surface area contributed by atoms with Crippen LogP contribution in [0.25, 0.3) is 5.57 Å². The number of H-pyrrole nitrogens is 1. The number of rotatable bonds is 2. The highest BCUT2D eigenvalue weighted by molar-refractivity contribution is 5.89. The van der Waals surface area contributed by atoms with Crippen LogP contribution in [0.3, 0.4) is 0 Å². The van der Waals surface area contributed by atoms with Crippen LogP contribution in [0.5, 0.6) is 0 Å². The molecule has 0 saturated carbocycles. The third-order valence-electron chi connectivity index (χ3n) is 1.62. The lowest BCUT2D eigenvalue weighted by Gasteiger charge is -1.92. The van der Waals surface area contributed by atoms with Crippen molar-refractivity contribution in [2.75, 3.05) is 0 Å². The minimum atomic E-state index is -0.911. The number of aliphatic carboxylic acids is 1.